The van der Waals surface area contributed by atoms with Gasteiger partial charge >= 0.3 is 5.97 Å². The van der Waals surface area contributed by atoms with Gasteiger partial charge in [0.25, 0.3) is 0 Å². The van der Waals surface area contributed by atoms with Crippen LogP contribution in [-0.2, 0) is 17.6 Å². The second-order valence-corrected chi connectivity index (χ2v) is 3.65. The zero-order valence-corrected chi connectivity index (χ0v) is 9.56. The molecule has 88 valence electrons. The van der Waals surface area contributed by atoms with E-state index in [1.54, 1.807) is 7.11 Å². The van der Waals surface area contributed by atoms with Crippen LogP contribution in [0, 0.1) is 0 Å². The molecule has 16 heavy (non-hydrogen) atoms. The van der Waals surface area contributed by atoms with Crippen LogP contribution in [0.4, 0.5) is 0 Å². The zero-order chi connectivity index (χ0) is 12.1. The standard InChI is InChI=1S/C12H17NO3/c1-3-8-4-5-11(16-2)9(6-8)7-10(13)12(14)15/h4-6,10H,3,7,13H2,1-2H3,(H,14,15)/t10-/m0/s1. The van der Waals surface area contributed by atoms with E-state index in [1.807, 2.05) is 25.1 Å². The molecule has 1 atom stereocenters. The molecular weight excluding hydrogens is 206 g/mol. The summed E-state index contributed by atoms with van der Waals surface area (Å²) in [5.74, 6) is -0.308. The van der Waals surface area contributed by atoms with Gasteiger partial charge in [-0.25, -0.2) is 0 Å². The maximum absolute atomic E-state index is 10.7. The lowest BCUT2D eigenvalue weighted by Crippen LogP contribution is -2.32. The third kappa shape index (κ3) is 2.97. The molecule has 0 saturated carbocycles. The van der Waals surface area contributed by atoms with Crippen molar-refractivity contribution in [3.05, 3.63) is 29.3 Å². The van der Waals surface area contributed by atoms with E-state index in [-0.39, 0.29) is 6.42 Å². The molecule has 1 aromatic carbocycles. The van der Waals surface area contributed by atoms with Crippen LogP contribution in [0.5, 0.6) is 5.75 Å². The van der Waals surface area contributed by atoms with Crippen LogP contribution < -0.4 is 10.5 Å². The zero-order valence-electron chi connectivity index (χ0n) is 9.56. The molecule has 1 rings (SSSR count). The lowest BCUT2D eigenvalue weighted by molar-refractivity contribution is -0.138. The minimum atomic E-state index is -0.996. The average molecular weight is 223 g/mol. The Labute approximate surface area is 95.0 Å². The summed E-state index contributed by atoms with van der Waals surface area (Å²) in [5, 5.41) is 8.77. The highest BCUT2D eigenvalue weighted by molar-refractivity contribution is 5.73. The second-order valence-electron chi connectivity index (χ2n) is 3.65. The molecule has 1 aromatic rings. The number of rotatable bonds is 5. The van der Waals surface area contributed by atoms with Gasteiger partial charge in [-0.2, -0.15) is 0 Å². The Morgan fingerprint density at radius 1 is 1.56 bits per heavy atom. The number of hydrogen-bond acceptors (Lipinski definition) is 3. The number of carboxylic acids is 1. The highest BCUT2D eigenvalue weighted by Crippen LogP contribution is 2.21. The molecule has 0 bridgehead atoms. The number of ether oxygens (including phenoxy) is 1. The van der Waals surface area contributed by atoms with E-state index in [4.69, 9.17) is 15.6 Å². The lowest BCUT2D eigenvalue weighted by Gasteiger charge is -2.12. The SMILES string of the molecule is CCc1ccc(OC)c(C[C@H](N)C(=O)O)c1. The monoisotopic (exact) mass is 223 g/mol. The molecule has 0 fully saturated rings. The minimum Gasteiger partial charge on any atom is -0.496 e. The third-order valence-electron chi connectivity index (χ3n) is 2.51. The Kier molecular flexibility index (Phi) is 4.31. The highest BCUT2D eigenvalue weighted by atomic mass is 16.5. The van der Waals surface area contributed by atoms with Crippen LogP contribution in [0.3, 0.4) is 0 Å². The van der Waals surface area contributed by atoms with Crippen LogP contribution in [-0.4, -0.2) is 24.2 Å². The van der Waals surface area contributed by atoms with E-state index < -0.39 is 12.0 Å². The second kappa shape index (κ2) is 5.51. The predicted octanol–water partition coefficient (Wildman–Crippen LogP) is 1.21. The first-order valence-electron chi connectivity index (χ1n) is 5.22. The lowest BCUT2D eigenvalue weighted by atomic mass is 10.0. The van der Waals surface area contributed by atoms with Crippen molar-refractivity contribution < 1.29 is 14.6 Å². The summed E-state index contributed by atoms with van der Waals surface area (Å²) >= 11 is 0. The van der Waals surface area contributed by atoms with Crippen molar-refractivity contribution in [3.63, 3.8) is 0 Å². The summed E-state index contributed by atoms with van der Waals surface area (Å²) < 4.78 is 5.18. The summed E-state index contributed by atoms with van der Waals surface area (Å²) in [7, 11) is 1.57. The Morgan fingerprint density at radius 3 is 2.75 bits per heavy atom. The van der Waals surface area contributed by atoms with E-state index in [0.29, 0.717) is 5.75 Å². The van der Waals surface area contributed by atoms with Gasteiger partial charge in [0.2, 0.25) is 0 Å². The molecule has 0 unspecified atom stereocenters. The van der Waals surface area contributed by atoms with E-state index >= 15 is 0 Å². The van der Waals surface area contributed by atoms with Crippen LogP contribution in [0.2, 0.25) is 0 Å². The van der Waals surface area contributed by atoms with Crippen molar-refractivity contribution in [2.75, 3.05) is 7.11 Å². The fraction of sp³-hybridized carbons (Fsp3) is 0.417. The van der Waals surface area contributed by atoms with Crippen LogP contribution >= 0.6 is 0 Å². The van der Waals surface area contributed by atoms with Crippen molar-refractivity contribution in [3.8, 4) is 5.75 Å². The molecule has 0 aliphatic rings. The van der Waals surface area contributed by atoms with Gasteiger partial charge in [0.1, 0.15) is 11.8 Å². The summed E-state index contributed by atoms with van der Waals surface area (Å²) in [5.41, 5.74) is 7.50. The first-order chi connectivity index (χ1) is 7.58. The minimum absolute atomic E-state index is 0.284. The molecule has 0 aliphatic carbocycles. The molecule has 0 aliphatic heterocycles. The number of aryl methyl sites for hydroxylation is 1. The van der Waals surface area contributed by atoms with Gasteiger partial charge < -0.3 is 15.6 Å². The Balaban J connectivity index is 2.95. The first kappa shape index (κ1) is 12.5. The number of carbonyl (C=O) groups is 1. The topological polar surface area (TPSA) is 72.5 Å². The maximum Gasteiger partial charge on any atom is 0.320 e. The number of carboxylic acid groups (broad SMARTS) is 1. The van der Waals surface area contributed by atoms with Crippen molar-refractivity contribution in [2.45, 2.75) is 25.8 Å². The van der Waals surface area contributed by atoms with Crippen molar-refractivity contribution in [1.82, 2.24) is 0 Å². The average Bonchev–Trinajstić information content (AvgIpc) is 2.28. The normalized spacial score (nSPS) is 12.2. The van der Waals surface area contributed by atoms with Crippen molar-refractivity contribution in [1.29, 1.82) is 0 Å². The smallest absolute Gasteiger partial charge is 0.320 e. The van der Waals surface area contributed by atoms with Crippen LogP contribution in [0.1, 0.15) is 18.1 Å². The fourth-order valence-corrected chi connectivity index (χ4v) is 1.54. The number of aliphatic carboxylic acids is 1. The fourth-order valence-electron chi connectivity index (χ4n) is 1.54. The van der Waals surface area contributed by atoms with Gasteiger partial charge in [-0.15, -0.1) is 0 Å². The quantitative estimate of drug-likeness (QED) is 0.787. The number of nitrogens with two attached hydrogens (primary N) is 1. The largest absolute Gasteiger partial charge is 0.496 e. The molecule has 3 N–H and O–H groups in total. The maximum atomic E-state index is 10.7. The van der Waals surface area contributed by atoms with E-state index in [0.717, 1.165) is 17.5 Å². The first-order valence-corrected chi connectivity index (χ1v) is 5.22. The number of hydrogen-bond donors (Lipinski definition) is 2. The molecular formula is C12H17NO3. The predicted molar refractivity (Wildman–Crippen MR) is 61.7 cm³/mol. The molecule has 0 radical (unpaired) electrons. The Hall–Kier alpha value is -1.55. The van der Waals surface area contributed by atoms with Gasteiger partial charge in [-0.05, 0) is 23.6 Å². The molecule has 0 spiro atoms. The number of benzene rings is 1. The summed E-state index contributed by atoms with van der Waals surface area (Å²) in [6.07, 6.45) is 1.19. The summed E-state index contributed by atoms with van der Waals surface area (Å²) in [6.45, 7) is 2.04. The Bertz CT molecular complexity index is 377. The van der Waals surface area contributed by atoms with Gasteiger partial charge in [0.15, 0.2) is 0 Å². The van der Waals surface area contributed by atoms with E-state index in [9.17, 15) is 4.79 Å². The molecule has 4 nitrogen and oxygen atoms in total. The van der Waals surface area contributed by atoms with Crippen LogP contribution in [0.25, 0.3) is 0 Å². The van der Waals surface area contributed by atoms with E-state index in [1.165, 1.54) is 0 Å². The van der Waals surface area contributed by atoms with Gasteiger partial charge in [0, 0.05) is 6.42 Å². The Morgan fingerprint density at radius 2 is 2.25 bits per heavy atom. The van der Waals surface area contributed by atoms with Gasteiger partial charge in [0.05, 0.1) is 7.11 Å². The molecule has 0 aromatic heterocycles. The summed E-state index contributed by atoms with van der Waals surface area (Å²) in [4.78, 5) is 10.7. The molecule has 0 saturated heterocycles. The van der Waals surface area contributed by atoms with E-state index in [2.05, 4.69) is 0 Å². The molecule has 0 amide bonds. The van der Waals surface area contributed by atoms with Crippen molar-refractivity contribution in [2.24, 2.45) is 5.73 Å². The third-order valence-corrected chi connectivity index (χ3v) is 2.51. The van der Waals surface area contributed by atoms with Crippen LogP contribution in [0.15, 0.2) is 18.2 Å². The van der Waals surface area contributed by atoms with Gasteiger partial charge in [-0.3, -0.25) is 4.79 Å². The highest BCUT2D eigenvalue weighted by Gasteiger charge is 2.15. The van der Waals surface area contributed by atoms with Crippen molar-refractivity contribution >= 4 is 5.97 Å². The number of methoxy groups -OCH3 is 1. The molecule has 0 heterocycles. The molecule has 4 heteroatoms. The van der Waals surface area contributed by atoms with Gasteiger partial charge in [-0.1, -0.05) is 19.1 Å². The summed E-state index contributed by atoms with van der Waals surface area (Å²) in [6, 6.07) is 4.87.